The van der Waals surface area contributed by atoms with Gasteiger partial charge in [-0.2, -0.15) is 0 Å². The largest absolute Gasteiger partial charge is 0.478 e. The first-order chi connectivity index (χ1) is 8.54. The third-order valence-electron chi connectivity index (χ3n) is 3.42. The van der Waals surface area contributed by atoms with E-state index in [2.05, 4.69) is 0 Å². The molecule has 0 spiro atoms. The molecule has 0 aliphatic carbocycles. The van der Waals surface area contributed by atoms with Crippen LogP contribution in [0.5, 0.6) is 0 Å². The maximum Gasteiger partial charge on any atom is 0.335 e. The topological polar surface area (TPSA) is 60.8 Å². The van der Waals surface area contributed by atoms with Crippen LogP contribution >= 0.6 is 0 Å². The number of piperidine rings is 1. The smallest absolute Gasteiger partial charge is 0.335 e. The molecule has 0 saturated carbocycles. The number of alkyl halides is 1. The molecule has 0 amide bonds. The number of nitrogens with zero attached hydrogens (tertiary/aromatic N) is 1. The maximum absolute atomic E-state index is 13.8. The van der Waals surface area contributed by atoms with Crippen molar-refractivity contribution in [2.24, 2.45) is 0 Å². The van der Waals surface area contributed by atoms with Gasteiger partial charge in [-0.05, 0) is 24.3 Å². The summed E-state index contributed by atoms with van der Waals surface area (Å²) in [4.78, 5) is 12.7. The van der Waals surface area contributed by atoms with Gasteiger partial charge in [-0.3, -0.25) is 0 Å². The van der Waals surface area contributed by atoms with Crippen molar-refractivity contribution >= 4 is 11.7 Å². The normalized spacial score (nSPS) is 18.7. The Bertz CT molecular complexity index is 424. The van der Waals surface area contributed by atoms with Crippen molar-refractivity contribution in [2.45, 2.75) is 18.5 Å². The molecule has 0 atom stereocenters. The van der Waals surface area contributed by atoms with Gasteiger partial charge in [0.1, 0.15) is 5.67 Å². The molecule has 0 unspecified atom stereocenters. The highest BCUT2D eigenvalue weighted by Crippen LogP contribution is 2.29. The quantitative estimate of drug-likeness (QED) is 0.860. The van der Waals surface area contributed by atoms with E-state index >= 15 is 0 Å². The van der Waals surface area contributed by atoms with Crippen LogP contribution in [0.2, 0.25) is 0 Å². The van der Waals surface area contributed by atoms with Crippen LogP contribution in [0.1, 0.15) is 23.2 Å². The van der Waals surface area contributed by atoms with Crippen molar-refractivity contribution in [3.63, 3.8) is 0 Å². The Balaban J connectivity index is 2.03. The van der Waals surface area contributed by atoms with Crippen LogP contribution in [0.25, 0.3) is 0 Å². The average Bonchev–Trinajstić information content (AvgIpc) is 2.40. The summed E-state index contributed by atoms with van der Waals surface area (Å²) in [6, 6.07) is 6.54. The molecule has 1 saturated heterocycles. The number of carboxylic acid groups (broad SMARTS) is 1. The number of benzene rings is 1. The molecule has 0 radical (unpaired) electrons. The highest BCUT2D eigenvalue weighted by Gasteiger charge is 2.33. The number of carboxylic acids is 1. The van der Waals surface area contributed by atoms with Crippen LogP contribution in [0, 0.1) is 0 Å². The van der Waals surface area contributed by atoms with E-state index in [1.165, 1.54) is 0 Å². The van der Waals surface area contributed by atoms with E-state index in [9.17, 15) is 9.18 Å². The minimum Gasteiger partial charge on any atom is -0.478 e. The molecule has 1 aliphatic heterocycles. The van der Waals surface area contributed by atoms with Crippen LogP contribution in [0.4, 0.5) is 10.1 Å². The highest BCUT2D eigenvalue weighted by molar-refractivity contribution is 5.88. The van der Waals surface area contributed by atoms with Crippen molar-refractivity contribution in [1.29, 1.82) is 0 Å². The lowest BCUT2D eigenvalue weighted by atomic mass is 9.94. The van der Waals surface area contributed by atoms with Crippen LogP contribution < -0.4 is 4.90 Å². The summed E-state index contributed by atoms with van der Waals surface area (Å²) in [5, 5.41) is 17.7. The predicted molar refractivity (Wildman–Crippen MR) is 65.8 cm³/mol. The van der Waals surface area contributed by atoms with Crippen molar-refractivity contribution in [3.05, 3.63) is 29.8 Å². The molecule has 1 aliphatic rings. The monoisotopic (exact) mass is 253 g/mol. The lowest BCUT2D eigenvalue weighted by molar-refractivity contribution is 0.0481. The van der Waals surface area contributed by atoms with Crippen LogP contribution in [0.15, 0.2) is 24.3 Å². The second kappa shape index (κ2) is 4.94. The first-order valence-corrected chi connectivity index (χ1v) is 5.92. The van der Waals surface area contributed by atoms with E-state index in [1.807, 2.05) is 4.90 Å². The van der Waals surface area contributed by atoms with E-state index in [1.54, 1.807) is 24.3 Å². The van der Waals surface area contributed by atoms with Gasteiger partial charge in [0.15, 0.2) is 0 Å². The Kier molecular flexibility index (Phi) is 3.52. The van der Waals surface area contributed by atoms with E-state index in [0.29, 0.717) is 25.9 Å². The van der Waals surface area contributed by atoms with Crippen LogP contribution in [-0.4, -0.2) is 41.5 Å². The number of aliphatic hydroxyl groups is 1. The number of halogens is 1. The molecule has 5 heteroatoms. The number of hydrogen-bond acceptors (Lipinski definition) is 3. The molecular weight excluding hydrogens is 237 g/mol. The molecular formula is C13H16FNO3. The van der Waals surface area contributed by atoms with E-state index < -0.39 is 18.2 Å². The Morgan fingerprint density at radius 3 is 2.28 bits per heavy atom. The fourth-order valence-corrected chi connectivity index (χ4v) is 2.14. The summed E-state index contributed by atoms with van der Waals surface area (Å²) in [6.45, 7) is 0.631. The Hall–Kier alpha value is -1.62. The summed E-state index contributed by atoms with van der Waals surface area (Å²) in [6.07, 6.45) is 0.592. The van der Waals surface area contributed by atoms with Gasteiger partial charge in [-0.15, -0.1) is 0 Å². The molecule has 1 fully saturated rings. The third-order valence-corrected chi connectivity index (χ3v) is 3.42. The molecule has 4 nitrogen and oxygen atoms in total. The first-order valence-electron chi connectivity index (χ1n) is 5.92. The zero-order valence-electron chi connectivity index (χ0n) is 9.97. The zero-order chi connectivity index (χ0) is 13.2. The molecule has 18 heavy (non-hydrogen) atoms. The van der Waals surface area contributed by atoms with Gasteiger partial charge in [-0.25, -0.2) is 9.18 Å². The number of aromatic carboxylic acids is 1. The summed E-state index contributed by atoms with van der Waals surface area (Å²) in [5.41, 5.74) is -0.330. The summed E-state index contributed by atoms with van der Waals surface area (Å²) in [7, 11) is 0. The predicted octanol–water partition coefficient (Wildman–Crippen LogP) is 1.69. The SMILES string of the molecule is O=C(O)c1ccc(N2CCC(F)(CO)CC2)cc1. The molecule has 2 rings (SSSR count). The fraction of sp³-hybridized carbons (Fsp3) is 0.462. The third kappa shape index (κ3) is 2.61. The number of aliphatic hydroxyl groups excluding tert-OH is 1. The Morgan fingerprint density at radius 2 is 1.83 bits per heavy atom. The van der Waals surface area contributed by atoms with Gasteiger partial charge in [-0.1, -0.05) is 0 Å². The zero-order valence-corrected chi connectivity index (χ0v) is 9.97. The van der Waals surface area contributed by atoms with Crippen molar-refractivity contribution in [2.75, 3.05) is 24.6 Å². The average molecular weight is 253 g/mol. The van der Waals surface area contributed by atoms with Crippen molar-refractivity contribution in [3.8, 4) is 0 Å². The molecule has 2 N–H and O–H groups in total. The molecule has 0 aromatic heterocycles. The van der Waals surface area contributed by atoms with Crippen molar-refractivity contribution in [1.82, 2.24) is 0 Å². The number of rotatable bonds is 3. The number of carbonyl (C=O) groups is 1. The lowest BCUT2D eigenvalue weighted by Gasteiger charge is -2.36. The molecule has 1 heterocycles. The maximum atomic E-state index is 13.8. The highest BCUT2D eigenvalue weighted by atomic mass is 19.1. The minimum absolute atomic E-state index is 0.242. The van der Waals surface area contributed by atoms with Gasteiger partial charge in [0.2, 0.25) is 0 Å². The van der Waals surface area contributed by atoms with Crippen molar-refractivity contribution < 1.29 is 19.4 Å². The van der Waals surface area contributed by atoms with Gasteiger partial charge >= 0.3 is 5.97 Å². The molecule has 1 aromatic carbocycles. The van der Waals surface area contributed by atoms with E-state index in [0.717, 1.165) is 5.69 Å². The summed E-state index contributed by atoms with van der Waals surface area (Å²) in [5.74, 6) is -0.955. The minimum atomic E-state index is -1.46. The van der Waals surface area contributed by atoms with Gasteiger partial charge < -0.3 is 15.1 Å². The Labute approximate surface area is 105 Å². The van der Waals surface area contributed by atoms with Crippen LogP contribution in [0.3, 0.4) is 0 Å². The van der Waals surface area contributed by atoms with E-state index in [4.69, 9.17) is 10.2 Å². The summed E-state index contributed by atoms with van der Waals surface area (Å²) >= 11 is 0. The van der Waals surface area contributed by atoms with Gasteiger partial charge in [0, 0.05) is 31.6 Å². The standard InChI is InChI=1S/C13H16FNO3/c14-13(9-16)5-7-15(8-6-13)11-3-1-10(2-4-11)12(17)18/h1-4,16H,5-9H2,(H,17,18). The summed E-state index contributed by atoms with van der Waals surface area (Å²) < 4.78 is 13.8. The number of anilines is 1. The molecule has 98 valence electrons. The first kappa shape index (κ1) is 12.8. The van der Waals surface area contributed by atoms with Crippen LogP contribution in [-0.2, 0) is 0 Å². The Morgan fingerprint density at radius 1 is 1.28 bits per heavy atom. The number of hydrogen-bond donors (Lipinski definition) is 2. The second-order valence-electron chi connectivity index (χ2n) is 4.65. The molecule has 1 aromatic rings. The van der Waals surface area contributed by atoms with E-state index in [-0.39, 0.29) is 5.56 Å². The lowest BCUT2D eigenvalue weighted by Crippen LogP contribution is -2.43. The second-order valence-corrected chi connectivity index (χ2v) is 4.65. The molecule has 0 bridgehead atoms. The van der Waals surface area contributed by atoms with Gasteiger partial charge in [0.05, 0.1) is 12.2 Å². The van der Waals surface area contributed by atoms with Gasteiger partial charge in [0.25, 0.3) is 0 Å². The fourth-order valence-electron chi connectivity index (χ4n) is 2.14.